The number of rotatable bonds is 9. The number of aliphatic hydroxyl groups is 1. The Hall–Kier alpha value is -0.160. The molecule has 0 aliphatic carbocycles. The van der Waals surface area contributed by atoms with Crippen LogP contribution >= 0.6 is 0 Å². The van der Waals surface area contributed by atoms with Gasteiger partial charge in [-0.2, -0.15) is 0 Å². The zero-order chi connectivity index (χ0) is 15.0. The lowest BCUT2D eigenvalue weighted by molar-refractivity contribution is 0.132. The minimum Gasteiger partial charge on any atom is -0.394 e. The van der Waals surface area contributed by atoms with Crippen LogP contribution in [0.1, 0.15) is 39.0 Å². The van der Waals surface area contributed by atoms with Crippen molar-refractivity contribution in [1.29, 1.82) is 0 Å². The lowest BCUT2D eigenvalue weighted by Gasteiger charge is -2.35. The molecule has 1 aliphatic rings. The molecular weight excluding hydrogens is 250 g/mol. The van der Waals surface area contributed by atoms with Crippen LogP contribution in [0.5, 0.6) is 0 Å². The molecule has 0 bridgehead atoms. The third-order valence-corrected chi connectivity index (χ3v) is 4.97. The molecule has 20 heavy (non-hydrogen) atoms. The van der Waals surface area contributed by atoms with Crippen LogP contribution in [0.3, 0.4) is 0 Å². The van der Waals surface area contributed by atoms with Gasteiger partial charge in [0.2, 0.25) is 0 Å². The van der Waals surface area contributed by atoms with Gasteiger partial charge in [0.05, 0.1) is 6.61 Å². The lowest BCUT2D eigenvalue weighted by Crippen LogP contribution is -2.46. The molecule has 0 aromatic rings. The topological polar surface area (TPSA) is 38.7 Å². The fourth-order valence-corrected chi connectivity index (χ4v) is 3.30. The minimum absolute atomic E-state index is 0.0662. The van der Waals surface area contributed by atoms with Gasteiger partial charge in [-0.15, -0.1) is 0 Å². The maximum absolute atomic E-state index is 9.55. The second-order valence-corrected chi connectivity index (χ2v) is 6.69. The van der Waals surface area contributed by atoms with Gasteiger partial charge in [0.15, 0.2) is 0 Å². The third kappa shape index (κ3) is 5.68. The molecule has 0 amide bonds. The summed E-state index contributed by atoms with van der Waals surface area (Å²) < 4.78 is 0. The fourth-order valence-electron chi connectivity index (χ4n) is 3.30. The SMILES string of the molecule is CCC(CO)(CCCN1CCC(CN(C)C)CC1)NC. The van der Waals surface area contributed by atoms with E-state index in [0.717, 1.165) is 18.8 Å². The summed E-state index contributed by atoms with van der Waals surface area (Å²) in [6.45, 7) is 7.30. The molecule has 4 nitrogen and oxygen atoms in total. The number of hydrogen-bond donors (Lipinski definition) is 2. The van der Waals surface area contributed by atoms with Crippen LogP contribution in [-0.4, -0.2) is 74.4 Å². The highest BCUT2D eigenvalue weighted by atomic mass is 16.3. The van der Waals surface area contributed by atoms with Gasteiger partial charge in [-0.3, -0.25) is 0 Å². The monoisotopic (exact) mass is 285 g/mol. The van der Waals surface area contributed by atoms with Crippen LogP contribution in [-0.2, 0) is 0 Å². The summed E-state index contributed by atoms with van der Waals surface area (Å²) in [6, 6.07) is 0. The molecular formula is C16H35N3O. The molecule has 2 N–H and O–H groups in total. The fraction of sp³-hybridized carbons (Fsp3) is 1.00. The first-order chi connectivity index (χ1) is 9.55. The molecule has 0 radical (unpaired) electrons. The van der Waals surface area contributed by atoms with Crippen LogP contribution in [0.15, 0.2) is 0 Å². The van der Waals surface area contributed by atoms with E-state index in [1.54, 1.807) is 0 Å². The number of likely N-dealkylation sites (N-methyl/N-ethyl adjacent to an activating group) is 1. The summed E-state index contributed by atoms with van der Waals surface area (Å²) >= 11 is 0. The summed E-state index contributed by atoms with van der Waals surface area (Å²) in [5, 5.41) is 12.9. The Balaban J connectivity index is 2.21. The maximum atomic E-state index is 9.55. The highest BCUT2D eigenvalue weighted by molar-refractivity contribution is 4.85. The van der Waals surface area contributed by atoms with Gasteiger partial charge < -0.3 is 20.2 Å². The van der Waals surface area contributed by atoms with Crippen molar-refractivity contribution in [3.8, 4) is 0 Å². The van der Waals surface area contributed by atoms with E-state index in [9.17, 15) is 5.11 Å². The zero-order valence-corrected chi connectivity index (χ0v) is 14.0. The number of hydrogen-bond acceptors (Lipinski definition) is 4. The van der Waals surface area contributed by atoms with Crippen molar-refractivity contribution in [1.82, 2.24) is 15.1 Å². The van der Waals surface area contributed by atoms with Gasteiger partial charge in [-0.1, -0.05) is 6.92 Å². The van der Waals surface area contributed by atoms with E-state index >= 15 is 0 Å². The van der Waals surface area contributed by atoms with Gasteiger partial charge in [0, 0.05) is 12.1 Å². The summed E-state index contributed by atoms with van der Waals surface area (Å²) in [7, 11) is 6.30. The van der Waals surface area contributed by atoms with Crippen molar-refractivity contribution in [2.45, 2.75) is 44.6 Å². The normalized spacial score (nSPS) is 21.3. The molecule has 0 aromatic heterocycles. The smallest absolute Gasteiger partial charge is 0.0613 e. The quantitative estimate of drug-likeness (QED) is 0.672. The molecule has 120 valence electrons. The van der Waals surface area contributed by atoms with Gasteiger partial charge in [0.25, 0.3) is 0 Å². The van der Waals surface area contributed by atoms with Crippen molar-refractivity contribution in [3.05, 3.63) is 0 Å². The van der Waals surface area contributed by atoms with Crippen LogP contribution in [0, 0.1) is 5.92 Å². The zero-order valence-electron chi connectivity index (χ0n) is 14.0. The Kier molecular flexibility index (Phi) is 8.03. The highest BCUT2D eigenvalue weighted by Gasteiger charge is 2.25. The molecule has 4 heteroatoms. The third-order valence-electron chi connectivity index (χ3n) is 4.97. The van der Waals surface area contributed by atoms with Gasteiger partial charge in [-0.05, 0) is 78.8 Å². The Bertz CT molecular complexity index is 238. The summed E-state index contributed by atoms with van der Waals surface area (Å²) in [6.07, 6.45) is 5.90. The molecule has 1 rings (SSSR count). The first-order valence-corrected chi connectivity index (χ1v) is 8.22. The maximum Gasteiger partial charge on any atom is 0.0613 e. The Morgan fingerprint density at radius 1 is 1.30 bits per heavy atom. The predicted octanol–water partition coefficient (Wildman–Crippen LogP) is 1.40. The molecule has 1 heterocycles. The second-order valence-electron chi connectivity index (χ2n) is 6.69. The van der Waals surface area contributed by atoms with Gasteiger partial charge >= 0.3 is 0 Å². The lowest BCUT2D eigenvalue weighted by atomic mass is 9.91. The number of aliphatic hydroxyl groups excluding tert-OH is 1. The van der Waals surface area contributed by atoms with E-state index in [0.29, 0.717) is 0 Å². The standard InChI is InChI=1S/C16H35N3O/c1-5-16(14-20,17-2)9-6-10-19-11-7-15(8-12-19)13-18(3)4/h15,17,20H,5-14H2,1-4H3. The Labute approximate surface area is 125 Å². The second kappa shape index (κ2) is 8.98. The van der Waals surface area contributed by atoms with Crippen molar-refractivity contribution in [2.75, 3.05) is 53.9 Å². The van der Waals surface area contributed by atoms with Crippen LogP contribution in [0.2, 0.25) is 0 Å². The minimum atomic E-state index is -0.0662. The summed E-state index contributed by atoms with van der Waals surface area (Å²) in [5.41, 5.74) is -0.0662. The van der Waals surface area contributed by atoms with Crippen molar-refractivity contribution >= 4 is 0 Å². The Morgan fingerprint density at radius 3 is 2.40 bits per heavy atom. The molecule has 1 saturated heterocycles. The molecule has 0 aromatic carbocycles. The van der Waals surface area contributed by atoms with E-state index in [4.69, 9.17) is 0 Å². The van der Waals surface area contributed by atoms with E-state index in [2.05, 4.69) is 36.1 Å². The molecule has 0 spiro atoms. The van der Waals surface area contributed by atoms with E-state index in [-0.39, 0.29) is 12.1 Å². The largest absolute Gasteiger partial charge is 0.394 e. The van der Waals surface area contributed by atoms with E-state index < -0.39 is 0 Å². The van der Waals surface area contributed by atoms with Crippen LogP contribution in [0.25, 0.3) is 0 Å². The first-order valence-electron chi connectivity index (χ1n) is 8.22. The number of nitrogens with zero attached hydrogens (tertiary/aromatic N) is 2. The van der Waals surface area contributed by atoms with Gasteiger partial charge in [-0.25, -0.2) is 0 Å². The van der Waals surface area contributed by atoms with Crippen molar-refractivity contribution in [2.24, 2.45) is 5.92 Å². The summed E-state index contributed by atoms with van der Waals surface area (Å²) in [4.78, 5) is 4.91. The average molecular weight is 285 g/mol. The van der Waals surface area contributed by atoms with Gasteiger partial charge in [0.1, 0.15) is 0 Å². The van der Waals surface area contributed by atoms with E-state index in [1.165, 1.54) is 45.4 Å². The molecule has 1 atom stereocenters. The van der Waals surface area contributed by atoms with Crippen molar-refractivity contribution < 1.29 is 5.11 Å². The molecule has 1 unspecified atom stereocenters. The first kappa shape index (κ1) is 17.9. The van der Waals surface area contributed by atoms with Crippen molar-refractivity contribution in [3.63, 3.8) is 0 Å². The van der Waals surface area contributed by atoms with Crippen LogP contribution < -0.4 is 5.32 Å². The molecule has 1 fully saturated rings. The number of nitrogens with one attached hydrogen (secondary N) is 1. The Morgan fingerprint density at radius 2 is 1.95 bits per heavy atom. The number of likely N-dealkylation sites (tertiary alicyclic amines) is 1. The molecule has 1 aliphatic heterocycles. The van der Waals surface area contributed by atoms with E-state index in [1.807, 2.05) is 7.05 Å². The predicted molar refractivity (Wildman–Crippen MR) is 86.1 cm³/mol. The average Bonchev–Trinajstić information content (AvgIpc) is 2.45. The molecule has 0 saturated carbocycles. The number of piperidine rings is 1. The van der Waals surface area contributed by atoms with Crippen LogP contribution in [0.4, 0.5) is 0 Å². The highest BCUT2D eigenvalue weighted by Crippen LogP contribution is 2.20. The summed E-state index contributed by atoms with van der Waals surface area (Å²) in [5.74, 6) is 0.880.